The molecule has 202 valence electrons. The average Bonchev–Trinajstić information content (AvgIpc) is 3.89. The lowest BCUT2D eigenvalue weighted by molar-refractivity contribution is 0.0955. The Labute approximate surface area is 232 Å². The molecule has 2 aliphatic carbocycles. The van der Waals surface area contributed by atoms with Crippen LogP contribution >= 0.6 is 11.3 Å². The van der Waals surface area contributed by atoms with Crippen molar-refractivity contribution in [2.24, 2.45) is 0 Å². The molecular weight excluding hydrogens is 526 g/mol. The van der Waals surface area contributed by atoms with Crippen LogP contribution in [0.25, 0.3) is 22.6 Å². The topological polar surface area (TPSA) is 127 Å². The van der Waals surface area contributed by atoms with Gasteiger partial charge in [0.15, 0.2) is 5.65 Å². The van der Waals surface area contributed by atoms with Gasteiger partial charge in [-0.25, -0.2) is 14.8 Å². The lowest BCUT2D eigenvalue weighted by Gasteiger charge is -2.09. The number of amides is 1. The van der Waals surface area contributed by atoms with Gasteiger partial charge >= 0.3 is 5.69 Å². The minimum atomic E-state index is -0.291. The highest BCUT2D eigenvalue weighted by atomic mass is 32.1. The molecule has 0 saturated heterocycles. The smallest absolute Gasteiger partial charge is 0.333 e. The van der Waals surface area contributed by atoms with Crippen molar-refractivity contribution in [1.29, 1.82) is 0 Å². The van der Waals surface area contributed by atoms with Crippen molar-refractivity contribution in [2.45, 2.75) is 50.9 Å². The maximum absolute atomic E-state index is 13.1. The molecule has 0 atom stereocenters. The number of imidazole rings is 1. The first-order valence-electron chi connectivity index (χ1n) is 13.4. The zero-order valence-electron chi connectivity index (χ0n) is 21.6. The second-order valence-electron chi connectivity index (χ2n) is 10.3. The molecule has 2 aliphatic rings. The lowest BCUT2D eigenvalue weighted by Crippen LogP contribution is -2.39. The van der Waals surface area contributed by atoms with Gasteiger partial charge in [-0.1, -0.05) is 30.3 Å². The van der Waals surface area contributed by atoms with E-state index in [9.17, 15) is 14.4 Å². The molecule has 0 aliphatic heterocycles. The molecule has 40 heavy (non-hydrogen) atoms. The Kier molecular flexibility index (Phi) is 6.07. The molecule has 4 heterocycles. The van der Waals surface area contributed by atoms with Gasteiger partial charge in [0.25, 0.3) is 11.5 Å². The van der Waals surface area contributed by atoms with Gasteiger partial charge in [-0.05, 0) is 60.4 Å². The van der Waals surface area contributed by atoms with Crippen LogP contribution in [-0.2, 0) is 13.1 Å². The number of aromatic nitrogens is 5. The summed E-state index contributed by atoms with van der Waals surface area (Å²) < 4.78 is 3.10. The van der Waals surface area contributed by atoms with E-state index in [2.05, 4.69) is 25.6 Å². The number of nitrogens with one attached hydrogen (secondary N) is 3. The largest absolute Gasteiger partial charge is 0.366 e. The third-order valence-electron chi connectivity index (χ3n) is 7.31. The minimum absolute atomic E-state index is 0.00153. The van der Waals surface area contributed by atoms with E-state index in [1.54, 1.807) is 10.8 Å². The summed E-state index contributed by atoms with van der Waals surface area (Å²) in [5, 5.41) is 8.15. The average molecular weight is 554 g/mol. The maximum Gasteiger partial charge on any atom is 0.333 e. The van der Waals surface area contributed by atoms with Gasteiger partial charge < -0.3 is 15.6 Å². The fourth-order valence-electron chi connectivity index (χ4n) is 4.84. The number of carbonyl (C=O) groups is 1. The molecule has 4 aromatic heterocycles. The van der Waals surface area contributed by atoms with E-state index in [0.29, 0.717) is 40.8 Å². The van der Waals surface area contributed by atoms with Gasteiger partial charge in [-0.3, -0.25) is 18.7 Å². The Morgan fingerprint density at radius 3 is 2.33 bits per heavy atom. The zero-order valence-corrected chi connectivity index (χ0v) is 22.4. The van der Waals surface area contributed by atoms with Crippen LogP contribution in [0.2, 0.25) is 0 Å². The predicted octanol–water partition coefficient (Wildman–Crippen LogP) is 4.22. The van der Waals surface area contributed by atoms with Gasteiger partial charge in [-0.2, -0.15) is 0 Å². The Morgan fingerprint density at radius 2 is 1.68 bits per heavy atom. The van der Waals surface area contributed by atoms with Crippen molar-refractivity contribution >= 4 is 34.2 Å². The third kappa shape index (κ3) is 4.73. The number of pyridine rings is 1. The number of nitrogens with zero attached hydrogens (tertiary/aromatic N) is 4. The van der Waals surface area contributed by atoms with Crippen LogP contribution in [0.4, 0.5) is 5.82 Å². The summed E-state index contributed by atoms with van der Waals surface area (Å²) in [6.07, 6.45) is 5.29. The fraction of sp³-hybridized carbons (Fsp3) is 0.276. The monoisotopic (exact) mass is 553 g/mol. The van der Waals surface area contributed by atoms with Crippen LogP contribution in [0.3, 0.4) is 0 Å². The number of benzene rings is 1. The zero-order chi connectivity index (χ0) is 27.2. The highest BCUT2D eigenvalue weighted by Gasteiger charge is 2.34. The quantitative estimate of drug-likeness (QED) is 0.251. The summed E-state index contributed by atoms with van der Waals surface area (Å²) in [6, 6.07) is 15.6. The van der Waals surface area contributed by atoms with Crippen LogP contribution in [-0.4, -0.2) is 30.0 Å². The van der Waals surface area contributed by atoms with Crippen LogP contribution in [0.5, 0.6) is 0 Å². The number of fused-ring (bicyclic) bond motifs is 1. The highest BCUT2D eigenvalue weighted by Crippen LogP contribution is 2.37. The molecule has 5 aromatic rings. The van der Waals surface area contributed by atoms with Crippen molar-refractivity contribution in [2.75, 3.05) is 5.32 Å². The second kappa shape index (κ2) is 9.91. The van der Waals surface area contributed by atoms with Gasteiger partial charge in [0, 0.05) is 36.9 Å². The Hall–Kier alpha value is -4.51. The van der Waals surface area contributed by atoms with E-state index in [1.165, 1.54) is 15.9 Å². The summed E-state index contributed by atoms with van der Waals surface area (Å²) in [7, 11) is 0. The number of hydrogen-bond acceptors (Lipinski definition) is 7. The Morgan fingerprint density at radius 1 is 0.950 bits per heavy atom. The number of H-pyrrole nitrogens is 1. The molecule has 2 saturated carbocycles. The summed E-state index contributed by atoms with van der Waals surface area (Å²) in [5.74, 6) is 1.17. The molecule has 10 nitrogen and oxygen atoms in total. The minimum Gasteiger partial charge on any atom is -0.366 e. The number of carbonyl (C=O) groups excluding carboxylic acids is 1. The van der Waals surface area contributed by atoms with Crippen LogP contribution in [0.15, 0.2) is 69.7 Å². The lowest BCUT2D eigenvalue weighted by atomic mass is 10.1. The van der Waals surface area contributed by atoms with E-state index in [4.69, 9.17) is 0 Å². The molecule has 0 unspecified atom stereocenters. The predicted molar refractivity (Wildman–Crippen MR) is 154 cm³/mol. The van der Waals surface area contributed by atoms with Crippen LogP contribution in [0, 0.1) is 0 Å². The highest BCUT2D eigenvalue weighted by molar-refractivity contribution is 7.12. The first-order chi connectivity index (χ1) is 19.5. The SMILES string of the molecule is O=C(NCc1ccc(CNc2ccc(-c3nc4c([nH]3)c(=O)n(C3CC3)c(=O)n4C3CC3)cn2)cc1)c1cccs1. The molecule has 0 radical (unpaired) electrons. The van der Waals surface area contributed by atoms with Gasteiger partial charge in [-0.15, -0.1) is 11.3 Å². The molecule has 11 heteroatoms. The molecule has 0 bridgehead atoms. The van der Waals surface area contributed by atoms with E-state index in [1.807, 2.05) is 53.9 Å². The van der Waals surface area contributed by atoms with Crippen molar-refractivity contribution in [3.05, 3.63) is 96.9 Å². The summed E-state index contributed by atoms with van der Waals surface area (Å²) in [6.45, 7) is 1.06. The standard InChI is InChI=1S/C29H27N7O3S/c37-27(22-2-1-13-40-22)32-15-18-5-3-17(4-6-18)14-30-23-12-7-19(16-31-23)25-33-24-26(34-25)35(20-8-9-20)29(39)36(28(24)38)21-10-11-21/h1-7,12-13,16,20-21H,8-11,14-15H2,(H,30,31)(H,32,37)(H,33,34). The number of thiophene rings is 1. The summed E-state index contributed by atoms with van der Waals surface area (Å²) in [4.78, 5) is 51.4. The van der Waals surface area contributed by atoms with Gasteiger partial charge in [0.05, 0.1) is 4.88 Å². The molecule has 7 rings (SSSR count). The van der Waals surface area contributed by atoms with Crippen molar-refractivity contribution in [1.82, 2.24) is 29.4 Å². The van der Waals surface area contributed by atoms with Gasteiger partial charge in [0.1, 0.15) is 17.2 Å². The second-order valence-corrected chi connectivity index (χ2v) is 11.3. The first-order valence-corrected chi connectivity index (χ1v) is 14.3. The third-order valence-corrected chi connectivity index (χ3v) is 8.18. The van der Waals surface area contributed by atoms with Crippen LogP contribution in [0.1, 0.15) is 58.6 Å². The molecule has 1 amide bonds. The molecule has 3 N–H and O–H groups in total. The molecule has 0 spiro atoms. The van der Waals surface area contributed by atoms with E-state index >= 15 is 0 Å². The van der Waals surface area contributed by atoms with E-state index in [-0.39, 0.29) is 29.2 Å². The number of anilines is 1. The number of aromatic amines is 1. The first kappa shape index (κ1) is 24.5. The molecule has 1 aromatic carbocycles. The normalized spacial score (nSPS) is 14.9. The van der Waals surface area contributed by atoms with E-state index in [0.717, 1.165) is 42.4 Å². The van der Waals surface area contributed by atoms with Crippen molar-refractivity contribution in [3.63, 3.8) is 0 Å². The van der Waals surface area contributed by atoms with Crippen LogP contribution < -0.4 is 21.9 Å². The van der Waals surface area contributed by atoms with E-state index < -0.39 is 0 Å². The van der Waals surface area contributed by atoms with Crippen molar-refractivity contribution in [3.8, 4) is 11.4 Å². The number of hydrogen-bond donors (Lipinski definition) is 3. The van der Waals surface area contributed by atoms with Gasteiger partial charge in [0.2, 0.25) is 0 Å². The number of rotatable bonds is 9. The molecular formula is C29H27N7O3S. The summed E-state index contributed by atoms with van der Waals surface area (Å²) >= 11 is 1.42. The Balaban J connectivity index is 1.02. The fourth-order valence-corrected chi connectivity index (χ4v) is 5.48. The maximum atomic E-state index is 13.1. The van der Waals surface area contributed by atoms with Crippen molar-refractivity contribution < 1.29 is 4.79 Å². The Bertz CT molecular complexity index is 1810. The summed E-state index contributed by atoms with van der Waals surface area (Å²) in [5.41, 5.74) is 3.13. The molecule has 2 fully saturated rings.